The molecule has 0 unspecified atom stereocenters. The van der Waals surface area contributed by atoms with E-state index < -0.39 is 11.2 Å². The Bertz CT molecular complexity index is 1730. The van der Waals surface area contributed by atoms with Crippen molar-refractivity contribution >= 4 is 31.9 Å². The van der Waals surface area contributed by atoms with Gasteiger partial charge < -0.3 is 10.2 Å². The van der Waals surface area contributed by atoms with Gasteiger partial charge in [-0.2, -0.15) is 0 Å². The smallest absolute Gasteiger partial charge is 0.141 e. The van der Waals surface area contributed by atoms with E-state index in [9.17, 15) is 10.2 Å². The predicted molar refractivity (Wildman–Crippen MR) is 176 cm³/mol. The molecule has 2 aliphatic carbocycles. The van der Waals surface area contributed by atoms with Gasteiger partial charge in [0, 0.05) is 31.2 Å². The quantitative estimate of drug-likeness (QED) is 0.192. The molecule has 2 N–H and O–H groups in total. The SMILES string of the molecule is OC1(c2cccc(Br)c2)c2ccccc2-c2ccccc21.OC1(c2cccc(Br)c2)c2ccccc2-c2ccccc21. The van der Waals surface area contributed by atoms with Crippen LogP contribution in [0.3, 0.4) is 0 Å². The van der Waals surface area contributed by atoms with E-state index in [1.165, 1.54) is 0 Å². The minimum absolute atomic E-state index is 0.884. The number of benzene rings is 6. The van der Waals surface area contributed by atoms with Gasteiger partial charge in [-0.3, -0.25) is 0 Å². The van der Waals surface area contributed by atoms with Gasteiger partial charge in [0.05, 0.1) is 0 Å². The van der Waals surface area contributed by atoms with Crippen LogP contribution in [0.2, 0.25) is 0 Å². The molecular weight excluding hydrogens is 648 g/mol. The molecule has 0 amide bonds. The second-order valence-corrected chi connectivity index (χ2v) is 12.5. The zero-order chi connectivity index (χ0) is 28.9. The van der Waals surface area contributed by atoms with E-state index in [2.05, 4.69) is 56.1 Å². The molecule has 2 aliphatic rings. The Morgan fingerprint density at radius 2 is 0.643 bits per heavy atom. The van der Waals surface area contributed by atoms with Crippen LogP contribution in [0.4, 0.5) is 0 Å². The fourth-order valence-electron chi connectivity index (χ4n) is 6.47. The van der Waals surface area contributed by atoms with Crippen molar-refractivity contribution in [3.8, 4) is 22.3 Å². The first kappa shape index (κ1) is 27.1. The summed E-state index contributed by atoms with van der Waals surface area (Å²) in [4.78, 5) is 0. The average Bonchev–Trinajstić information content (AvgIpc) is 3.45. The molecule has 42 heavy (non-hydrogen) atoms. The molecule has 6 aromatic carbocycles. The molecule has 2 nitrogen and oxygen atoms in total. The Labute approximate surface area is 262 Å². The lowest BCUT2D eigenvalue weighted by molar-refractivity contribution is 0.130. The van der Waals surface area contributed by atoms with Crippen LogP contribution in [-0.2, 0) is 11.2 Å². The number of aliphatic hydroxyl groups is 2. The summed E-state index contributed by atoms with van der Waals surface area (Å²) in [6.07, 6.45) is 0. The summed E-state index contributed by atoms with van der Waals surface area (Å²) in [5, 5.41) is 23.1. The number of hydrogen-bond donors (Lipinski definition) is 2. The maximum absolute atomic E-state index is 11.6. The van der Waals surface area contributed by atoms with Crippen molar-refractivity contribution < 1.29 is 10.2 Å². The van der Waals surface area contributed by atoms with Gasteiger partial charge in [0.2, 0.25) is 0 Å². The highest BCUT2D eigenvalue weighted by Gasteiger charge is 2.43. The zero-order valence-electron chi connectivity index (χ0n) is 22.5. The molecule has 6 aromatic rings. The maximum Gasteiger partial charge on any atom is 0.141 e. The Morgan fingerprint density at radius 1 is 0.357 bits per heavy atom. The van der Waals surface area contributed by atoms with E-state index in [1.54, 1.807) is 0 Å². The molecule has 0 atom stereocenters. The summed E-state index contributed by atoms with van der Waals surface area (Å²) in [5.41, 5.74) is 7.82. The number of halogens is 2. The van der Waals surface area contributed by atoms with Crippen molar-refractivity contribution in [3.05, 3.63) is 188 Å². The zero-order valence-corrected chi connectivity index (χ0v) is 25.7. The molecule has 0 saturated carbocycles. The van der Waals surface area contributed by atoms with Gasteiger partial charge in [-0.05, 0) is 57.6 Å². The fourth-order valence-corrected chi connectivity index (χ4v) is 7.27. The molecular formula is C38H26Br2O2. The highest BCUT2D eigenvalue weighted by Crippen LogP contribution is 2.52. The first-order valence-electron chi connectivity index (χ1n) is 13.8. The van der Waals surface area contributed by atoms with E-state index in [0.29, 0.717) is 0 Å². The summed E-state index contributed by atoms with van der Waals surface area (Å²) >= 11 is 7.00. The topological polar surface area (TPSA) is 40.5 Å². The van der Waals surface area contributed by atoms with E-state index in [-0.39, 0.29) is 0 Å². The van der Waals surface area contributed by atoms with Gasteiger partial charge in [0.1, 0.15) is 11.2 Å². The molecule has 0 saturated heterocycles. The number of fused-ring (bicyclic) bond motifs is 6. The fraction of sp³-hybridized carbons (Fsp3) is 0.0526. The third-order valence-electron chi connectivity index (χ3n) is 8.33. The van der Waals surface area contributed by atoms with E-state index in [1.807, 2.05) is 121 Å². The highest BCUT2D eigenvalue weighted by atomic mass is 79.9. The Hall–Kier alpha value is -3.80. The monoisotopic (exact) mass is 672 g/mol. The van der Waals surface area contributed by atoms with Crippen LogP contribution in [0.25, 0.3) is 22.3 Å². The standard InChI is InChI=1S/2C19H13BrO/c2*20-14-7-5-6-13(12-14)19(21)17-10-3-1-8-15(17)16-9-2-4-11-18(16)19/h2*1-12,21H. The van der Waals surface area contributed by atoms with Gasteiger partial charge in [-0.15, -0.1) is 0 Å². The molecule has 0 fully saturated rings. The summed E-state index contributed by atoms with van der Waals surface area (Å²) < 4.78 is 1.94. The molecule has 0 radical (unpaired) electrons. The van der Waals surface area contributed by atoms with E-state index in [4.69, 9.17) is 0 Å². The van der Waals surface area contributed by atoms with Crippen molar-refractivity contribution in [2.24, 2.45) is 0 Å². The lowest BCUT2D eigenvalue weighted by Crippen LogP contribution is -2.26. The van der Waals surface area contributed by atoms with Crippen molar-refractivity contribution in [2.75, 3.05) is 0 Å². The van der Waals surface area contributed by atoms with Gasteiger partial charge in [-0.25, -0.2) is 0 Å². The average molecular weight is 674 g/mol. The summed E-state index contributed by atoms with van der Waals surface area (Å²) in [7, 11) is 0. The van der Waals surface area contributed by atoms with Crippen molar-refractivity contribution in [1.82, 2.24) is 0 Å². The third-order valence-corrected chi connectivity index (χ3v) is 9.32. The lowest BCUT2D eigenvalue weighted by Gasteiger charge is -2.26. The van der Waals surface area contributed by atoms with Crippen LogP contribution in [0.15, 0.2) is 155 Å². The first-order valence-corrected chi connectivity index (χ1v) is 15.4. The largest absolute Gasteiger partial charge is 0.376 e. The van der Waals surface area contributed by atoms with Crippen LogP contribution in [-0.4, -0.2) is 10.2 Å². The molecule has 0 aromatic heterocycles. The van der Waals surface area contributed by atoms with E-state index in [0.717, 1.165) is 64.6 Å². The van der Waals surface area contributed by atoms with Crippen LogP contribution in [0.1, 0.15) is 33.4 Å². The molecule has 8 rings (SSSR count). The first-order chi connectivity index (χ1) is 20.4. The van der Waals surface area contributed by atoms with Crippen LogP contribution in [0, 0.1) is 0 Å². The van der Waals surface area contributed by atoms with Crippen molar-refractivity contribution in [2.45, 2.75) is 11.2 Å². The molecule has 0 aliphatic heterocycles. The normalized spacial score (nSPS) is 14.6. The Morgan fingerprint density at radius 3 is 0.929 bits per heavy atom. The van der Waals surface area contributed by atoms with E-state index >= 15 is 0 Å². The molecule has 0 heterocycles. The minimum Gasteiger partial charge on any atom is -0.376 e. The highest BCUT2D eigenvalue weighted by molar-refractivity contribution is 9.10. The molecule has 204 valence electrons. The van der Waals surface area contributed by atoms with Crippen molar-refractivity contribution in [1.29, 1.82) is 0 Å². The second kappa shape index (κ2) is 10.5. The van der Waals surface area contributed by atoms with Gasteiger partial charge in [-0.1, -0.05) is 153 Å². The third kappa shape index (κ3) is 4.13. The molecule has 0 bridgehead atoms. The second-order valence-electron chi connectivity index (χ2n) is 10.6. The van der Waals surface area contributed by atoms with Crippen molar-refractivity contribution in [3.63, 3.8) is 0 Å². The van der Waals surface area contributed by atoms with Gasteiger partial charge >= 0.3 is 0 Å². The Kier molecular flexibility index (Phi) is 6.75. The van der Waals surface area contributed by atoms with Gasteiger partial charge in [0.15, 0.2) is 0 Å². The summed E-state index contributed by atoms with van der Waals surface area (Å²) in [5.74, 6) is 0. The number of rotatable bonds is 2. The predicted octanol–water partition coefficient (Wildman–Crippen LogP) is 9.43. The number of hydrogen-bond acceptors (Lipinski definition) is 2. The van der Waals surface area contributed by atoms with Crippen LogP contribution >= 0.6 is 31.9 Å². The van der Waals surface area contributed by atoms with Crippen LogP contribution < -0.4 is 0 Å². The Balaban J connectivity index is 0.000000137. The summed E-state index contributed by atoms with van der Waals surface area (Å²) in [6.45, 7) is 0. The summed E-state index contributed by atoms with van der Waals surface area (Å²) in [6, 6.07) is 48.1. The maximum atomic E-state index is 11.6. The van der Waals surface area contributed by atoms with Crippen LogP contribution in [0.5, 0.6) is 0 Å². The molecule has 4 heteroatoms. The minimum atomic E-state index is -1.09. The molecule has 0 spiro atoms. The van der Waals surface area contributed by atoms with Gasteiger partial charge in [0.25, 0.3) is 0 Å². The lowest BCUT2D eigenvalue weighted by atomic mass is 9.84.